The van der Waals surface area contributed by atoms with E-state index in [2.05, 4.69) is 6.58 Å². The van der Waals surface area contributed by atoms with E-state index in [-0.39, 0.29) is 5.78 Å². The summed E-state index contributed by atoms with van der Waals surface area (Å²) in [5, 5.41) is 0. The minimum absolute atomic E-state index is 0.0574. The van der Waals surface area contributed by atoms with Crippen molar-refractivity contribution in [1.82, 2.24) is 0 Å². The predicted molar refractivity (Wildman–Crippen MR) is 100 cm³/mol. The number of carbonyl (C=O) groups is 1. The van der Waals surface area contributed by atoms with Gasteiger partial charge < -0.3 is 14.2 Å². The molecule has 1 heterocycles. The first kappa shape index (κ1) is 16.7. The van der Waals surface area contributed by atoms with E-state index in [0.717, 1.165) is 40.7 Å². The highest BCUT2D eigenvalue weighted by molar-refractivity contribution is 5.89. The van der Waals surface area contributed by atoms with Crippen LogP contribution in [0.25, 0.3) is 16.9 Å². The maximum absolute atomic E-state index is 12.1. The molecule has 1 aliphatic carbocycles. The van der Waals surface area contributed by atoms with Crippen molar-refractivity contribution in [3.63, 3.8) is 0 Å². The molecule has 4 rings (SSSR count). The fraction of sp³-hybridized carbons (Fsp3) is 0.318. The zero-order valence-electron chi connectivity index (χ0n) is 15.3. The molecule has 2 aromatic carbocycles. The molecule has 1 fully saturated rings. The van der Waals surface area contributed by atoms with Crippen molar-refractivity contribution in [3.8, 4) is 22.6 Å². The van der Waals surface area contributed by atoms with Gasteiger partial charge in [0.15, 0.2) is 22.9 Å². The van der Waals surface area contributed by atoms with Crippen molar-refractivity contribution in [1.29, 1.82) is 0 Å². The molecule has 0 spiro atoms. The quantitative estimate of drug-likeness (QED) is 0.786. The molecule has 0 radical (unpaired) electrons. The summed E-state index contributed by atoms with van der Waals surface area (Å²) in [5.41, 5.74) is 4.29. The van der Waals surface area contributed by atoms with Crippen molar-refractivity contribution in [2.24, 2.45) is 0 Å². The Morgan fingerprint density at radius 1 is 1.12 bits per heavy atom. The first-order valence-corrected chi connectivity index (χ1v) is 8.79. The zero-order valence-corrected chi connectivity index (χ0v) is 15.3. The third-order valence-electron chi connectivity index (χ3n) is 5.31. The number of carbonyl (C=O) groups excluding carboxylic acids is 1. The molecule has 2 aromatic rings. The van der Waals surface area contributed by atoms with Gasteiger partial charge in [0.25, 0.3) is 0 Å². The SMILES string of the molecule is C=C1OCc2c1cccc2-c1ccc(C)c(OC)c1OC1(C(C)=O)CC1. The summed E-state index contributed by atoms with van der Waals surface area (Å²) in [5.74, 6) is 2.05. The van der Waals surface area contributed by atoms with Crippen molar-refractivity contribution >= 4 is 11.5 Å². The number of ketones is 1. The van der Waals surface area contributed by atoms with E-state index in [9.17, 15) is 4.79 Å². The summed E-state index contributed by atoms with van der Waals surface area (Å²) >= 11 is 0. The van der Waals surface area contributed by atoms with Gasteiger partial charge in [-0.2, -0.15) is 0 Å². The van der Waals surface area contributed by atoms with Gasteiger partial charge in [-0.3, -0.25) is 4.79 Å². The molecule has 1 saturated carbocycles. The van der Waals surface area contributed by atoms with Gasteiger partial charge in [-0.05, 0) is 37.8 Å². The van der Waals surface area contributed by atoms with Gasteiger partial charge in [0, 0.05) is 16.7 Å². The Kier molecular flexibility index (Phi) is 3.79. The summed E-state index contributed by atoms with van der Waals surface area (Å²) in [6.45, 7) is 8.02. The molecule has 0 amide bonds. The smallest absolute Gasteiger partial charge is 0.173 e. The number of hydrogen-bond donors (Lipinski definition) is 0. The minimum atomic E-state index is -0.714. The van der Waals surface area contributed by atoms with Crippen LogP contribution in [0.4, 0.5) is 0 Å². The largest absolute Gasteiger partial charge is 0.493 e. The molecule has 0 N–H and O–H groups in total. The van der Waals surface area contributed by atoms with Crippen LogP contribution in [0.1, 0.15) is 36.5 Å². The summed E-state index contributed by atoms with van der Waals surface area (Å²) < 4.78 is 17.6. The van der Waals surface area contributed by atoms with Crippen molar-refractivity contribution in [2.45, 2.75) is 38.9 Å². The summed E-state index contributed by atoms with van der Waals surface area (Å²) in [4.78, 5) is 12.1. The van der Waals surface area contributed by atoms with Gasteiger partial charge in [-0.25, -0.2) is 0 Å². The van der Waals surface area contributed by atoms with E-state index in [4.69, 9.17) is 14.2 Å². The number of rotatable bonds is 5. The lowest BCUT2D eigenvalue weighted by atomic mass is 9.94. The van der Waals surface area contributed by atoms with E-state index in [0.29, 0.717) is 23.9 Å². The first-order chi connectivity index (χ1) is 12.5. The Morgan fingerprint density at radius 3 is 2.50 bits per heavy atom. The first-order valence-electron chi connectivity index (χ1n) is 8.79. The third-order valence-corrected chi connectivity index (χ3v) is 5.31. The van der Waals surface area contributed by atoms with E-state index < -0.39 is 5.60 Å². The van der Waals surface area contributed by atoms with Crippen molar-refractivity contribution < 1.29 is 19.0 Å². The van der Waals surface area contributed by atoms with E-state index in [1.165, 1.54) is 0 Å². The maximum Gasteiger partial charge on any atom is 0.173 e. The van der Waals surface area contributed by atoms with Gasteiger partial charge in [-0.15, -0.1) is 0 Å². The standard InChI is InChI=1S/C22H22O4/c1-13-8-9-18(17-7-5-6-16-14(2)25-12-19(16)17)21(20(13)24-4)26-22(10-11-22)15(3)23/h5-9H,2,10-12H2,1,3-4H3. The van der Waals surface area contributed by atoms with Crippen LogP contribution in [-0.4, -0.2) is 18.5 Å². The highest BCUT2D eigenvalue weighted by atomic mass is 16.5. The van der Waals surface area contributed by atoms with Crippen LogP contribution in [0.3, 0.4) is 0 Å². The van der Waals surface area contributed by atoms with Gasteiger partial charge >= 0.3 is 0 Å². The van der Waals surface area contributed by atoms with Gasteiger partial charge in [-0.1, -0.05) is 36.9 Å². The van der Waals surface area contributed by atoms with Crippen LogP contribution in [-0.2, 0) is 16.1 Å². The topological polar surface area (TPSA) is 44.8 Å². The van der Waals surface area contributed by atoms with E-state index in [1.807, 2.05) is 37.3 Å². The number of methoxy groups -OCH3 is 1. The fourth-order valence-electron chi connectivity index (χ4n) is 3.56. The van der Waals surface area contributed by atoms with Crippen LogP contribution in [0.5, 0.6) is 11.5 Å². The number of hydrogen-bond acceptors (Lipinski definition) is 4. The second-order valence-corrected chi connectivity index (χ2v) is 6.99. The Labute approximate surface area is 153 Å². The Balaban J connectivity index is 1.90. The van der Waals surface area contributed by atoms with Crippen LogP contribution in [0, 0.1) is 6.92 Å². The minimum Gasteiger partial charge on any atom is -0.493 e. The molecule has 1 aliphatic heterocycles. The lowest BCUT2D eigenvalue weighted by Gasteiger charge is -2.22. The van der Waals surface area contributed by atoms with Crippen molar-refractivity contribution in [3.05, 3.63) is 53.6 Å². The van der Waals surface area contributed by atoms with Crippen LogP contribution >= 0.6 is 0 Å². The maximum atomic E-state index is 12.1. The number of benzene rings is 2. The highest BCUT2D eigenvalue weighted by Gasteiger charge is 2.51. The number of ether oxygens (including phenoxy) is 3. The second kappa shape index (κ2) is 5.90. The van der Waals surface area contributed by atoms with Gasteiger partial charge in [0.2, 0.25) is 0 Å². The molecule has 4 nitrogen and oxygen atoms in total. The highest BCUT2D eigenvalue weighted by Crippen LogP contribution is 2.49. The molecule has 0 bridgehead atoms. The molecule has 0 aromatic heterocycles. The summed E-state index contributed by atoms with van der Waals surface area (Å²) in [7, 11) is 1.63. The van der Waals surface area contributed by atoms with Crippen LogP contribution < -0.4 is 9.47 Å². The van der Waals surface area contributed by atoms with Gasteiger partial charge in [0.1, 0.15) is 12.4 Å². The molecule has 2 aliphatic rings. The van der Waals surface area contributed by atoms with Gasteiger partial charge in [0.05, 0.1) is 7.11 Å². The lowest BCUT2D eigenvalue weighted by molar-refractivity contribution is -0.125. The molecular weight excluding hydrogens is 328 g/mol. The normalized spacial score (nSPS) is 16.7. The molecular formula is C22H22O4. The molecule has 0 unspecified atom stereocenters. The molecule has 26 heavy (non-hydrogen) atoms. The average Bonchev–Trinajstić information content (AvgIpc) is 3.32. The lowest BCUT2D eigenvalue weighted by Crippen LogP contribution is -2.27. The Morgan fingerprint density at radius 2 is 1.85 bits per heavy atom. The molecule has 0 atom stereocenters. The Bertz CT molecular complexity index is 922. The predicted octanol–water partition coefficient (Wildman–Crippen LogP) is 4.67. The second-order valence-electron chi connectivity index (χ2n) is 6.99. The fourth-order valence-corrected chi connectivity index (χ4v) is 3.56. The molecule has 0 saturated heterocycles. The monoisotopic (exact) mass is 350 g/mol. The van der Waals surface area contributed by atoms with Crippen LogP contribution in [0.2, 0.25) is 0 Å². The summed E-state index contributed by atoms with van der Waals surface area (Å²) in [6, 6.07) is 10.1. The van der Waals surface area contributed by atoms with Crippen molar-refractivity contribution in [2.75, 3.05) is 7.11 Å². The van der Waals surface area contributed by atoms with Crippen LogP contribution in [0.15, 0.2) is 36.9 Å². The average molecular weight is 350 g/mol. The molecule has 4 heteroatoms. The number of aryl methyl sites for hydroxylation is 1. The summed E-state index contributed by atoms with van der Waals surface area (Å²) in [6.07, 6.45) is 1.48. The molecule has 134 valence electrons. The third kappa shape index (κ3) is 2.48. The zero-order chi connectivity index (χ0) is 18.5. The van der Waals surface area contributed by atoms with E-state index in [1.54, 1.807) is 14.0 Å². The number of Topliss-reactive ketones (excluding diaryl/α,β-unsaturated/α-hetero) is 1. The Hall–Kier alpha value is -2.75. The number of fused-ring (bicyclic) bond motifs is 1. The van der Waals surface area contributed by atoms with E-state index >= 15 is 0 Å².